The standard InChI is InChI=1S/C20H11F6NO2/c21-11-4-9-17(14(10-11)20(24,25)26)29-13-7-5-12(6-8-13)27-19(28)18-15(22)2-1-3-16(18)23/h1-10H,(H,27,28). The summed E-state index contributed by atoms with van der Waals surface area (Å²) in [7, 11) is 0. The van der Waals surface area contributed by atoms with Gasteiger partial charge in [0.05, 0.1) is 0 Å². The van der Waals surface area contributed by atoms with Gasteiger partial charge in [0.1, 0.15) is 40.1 Å². The minimum Gasteiger partial charge on any atom is -0.457 e. The zero-order chi connectivity index (χ0) is 21.2. The summed E-state index contributed by atoms with van der Waals surface area (Å²) in [5, 5.41) is 2.27. The largest absolute Gasteiger partial charge is 0.457 e. The van der Waals surface area contributed by atoms with Gasteiger partial charge in [-0.15, -0.1) is 0 Å². The maximum absolute atomic E-state index is 13.6. The Hall–Kier alpha value is -3.49. The van der Waals surface area contributed by atoms with Crippen LogP contribution in [0.15, 0.2) is 60.7 Å². The molecule has 0 saturated heterocycles. The second kappa shape index (κ2) is 7.86. The molecular formula is C20H11F6NO2. The van der Waals surface area contributed by atoms with Crippen molar-refractivity contribution in [3.63, 3.8) is 0 Å². The van der Waals surface area contributed by atoms with Crippen LogP contribution in [0.2, 0.25) is 0 Å². The fraction of sp³-hybridized carbons (Fsp3) is 0.0500. The number of amides is 1. The summed E-state index contributed by atoms with van der Waals surface area (Å²) in [6, 6.07) is 9.94. The molecule has 0 heterocycles. The molecule has 0 spiro atoms. The minimum absolute atomic E-state index is 0.0304. The summed E-state index contributed by atoms with van der Waals surface area (Å²) < 4.78 is 84.6. The maximum atomic E-state index is 13.6. The van der Waals surface area contributed by atoms with E-state index in [2.05, 4.69) is 5.32 Å². The van der Waals surface area contributed by atoms with Crippen LogP contribution in [0, 0.1) is 17.5 Å². The van der Waals surface area contributed by atoms with Gasteiger partial charge in [-0.2, -0.15) is 13.2 Å². The lowest BCUT2D eigenvalue weighted by atomic mass is 10.1. The van der Waals surface area contributed by atoms with E-state index < -0.39 is 46.4 Å². The first-order valence-electron chi connectivity index (χ1n) is 8.05. The van der Waals surface area contributed by atoms with E-state index in [0.29, 0.717) is 6.07 Å². The molecule has 3 aromatic rings. The maximum Gasteiger partial charge on any atom is 0.420 e. The number of hydrogen-bond donors (Lipinski definition) is 1. The lowest BCUT2D eigenvalue weighted by Crippen LogP contribution is -2.15. The molecule has 0 radical (unpaired) electrons. The van der Waals surface area contributed by atoms with Gasteiger partial charge in [-0.25, -0.2) is 13.2 Å². The summed E-state index contributed by atoms with van der Waals surface area (Å²) in [5.74, 6) is -4.83. The number of ether oxygens (including phenoxy) is 1. The number of carbonyl (C=O) groups is 1. The van der Waals surface area contributed by atoms with E-state index in [1.165, 1.54) is 24.3 Å². The van der Waals surface area contributed by atoms with E-state index >= 15 is 0 Å². The Bertz CT molecular complexity index is 1030. The molecule has 3 rings (SSSR count). The average Bonchev–Trinajstić information content (AvgIpc) is 2.64. The van der Waals surface area contributed by atoms with Crippen molar-refractivity contribution in [2.45, 2.75) is 6.18 Å². The first kappa shape index (κ1) is 20.2. The summed E-state index contributed by atoms with van der Waals surface area (Å²) in [6.45, 7) is 0. The predicted molar refractivity (Wildman–Crippen MR) is 92.2 cm³/mol. The van der Waals surface area contributed by atoms with Gasteiger partial charge in [0.25, 0.3) is 5.91 Å². The highest BCUT2D eigenvalue weighted by molar-refractivity contribution is 6.04. The number of hydrogen-bond acceptors (Lipinski definition) is 2. The zero-order valence-electron chi connectivity index (χ0n) is 14.4. The summed E-state index contributed by atoms with van der Waals surface area (Å²) in [6.07, 6.45) is -4.82. The third-order valence-electron chi connectivity index (χ3n) is 3.78. The molecule has 0 aliphatic carbocycles. The molecule has 0 aliphatic heterocycles. The van der Waals surface area contributed by atoms with Gasteiger partial charge in [0.2, 0.25) is 0 Å². The second-order valence-corrected chi connectivity index (χ2v) is 5.82. The van der Waals surface area contributed by atoms with E-state index in [1.54, 1.807) is 0 Å². The van der Waals surface area contributed by atoms with Gasteiger partial charge in [0.15, 0.2) is 0 Å². The third kappa shape index (κ3) is 4.68. The smallest absolute Gasteiger partial charge is 0.420 e. The number of halogens is 6. The van der Waals surface area contributed by atoms with Crippen molar-refractivity contribution < 1.29 is 35.9 Å². The predicted octanol–water partition coefficient (Wildman–Crippen LogP) is 6.17. The monoisotopic (exact) mass is 411 g/mol. The molecule has 0 unspecified atom stereocenters. The van der Waals surface area contributed by atoms with Crippen LogP contribution >= 0.6 is 0 Å². The number of alkyl halides is 3. The molecule has 150 valence electrons. The van der Waals surface area contributed by atoms with Crippen LogP contribution in [0.25, 0.3) is 0 Å². The van der Waals surface area contributed by atoms with Gasteiger partial charge in [-0.05, 0) is 54.6 Å². The van der Waals surface area contributed by atoms with Gasteiger partial charge in [0, 0.05) is 5.69 Å². The van der Waals surface area contributed by atoms with Crippen LogP contribution in [0.3, 0.4) is 0 Å². The molecule has 0 saturated carbocycles. The van der Waals surface area contributed by atoms with E-state index in [4.69, 9.17) is 4.74 Å². The second-order valence-electron chi connectivity index (χ2n) is 5.82. The first-order chi connectivity index (χ1) is 13.6. The molecule has 0 bridgehead atoms. The number of rotatable bonds is 4. The Morgan fingerprint density at radius 2 is 1.48 bits per heavy atom. The molecule has 0 atom stereocenters. The van der Waals surface area contributed by atoms with Gasteiger partial charge in [-0.3, -0.25) is 4.79 Å². The van der Waals surface area contributed by atoms with Crippen LogP contribution in [0.5, 0.6) is 11.5 Å². The Balaban J connectivity index is 1.77. The number of carbonyl (C=O) groups excluding carboxylic acids is 1. The van der Waals surface area contributed by atoms with Crippen LogP contribution in [-0.2, 0) is 6.18 Å². The molecule has 1 amide bonds. The summed E-state index contributed by atoms with van der Waals surface area (Å²) >= 11 is 0. The van der Waals surface area contributed by atoms with Crippen molar-refractivity contribution in [2.24, 2.45) is 0 Å². The Morgan fingerprint density at radius 1 is 0.862 bits per heavy atom. The summed E-state index contributed by atoms with van der Waals surface area (Å²) in [4.78, 5) is 12.0. The van der Waals surface area contributed by atoms with Crippen molar-refractivity contribution in [1.29, 1.82) is 0 Å². The SMILES string of the molecule is O=C(Nc1ccc(Oc2ccc(F)cc2C(F)(F)F)cc1)c1c(F)cccc1F. The molecule has 1 N–H and O–H groups in total. The molecule has 0 fully saturated rings. The van der Waals surface area contributed by atoms with E-state index in [1.807, 2.05) is 0 Å². The van der Waals surface area contributed by atoms with Crippen molar-refractivity contribution >= 4 is 11.6 Å². The van der Waals surface area contributed by atoms with Crippen molar-refractivity contribution in [1.82, 2.24) is 0 Å². The molecule has 3 aromatic carbocycles. The molecule has 9 heteroatoms. The molecule has 3 nitrogen and oxygen atoms in total. The average molecular weight is 411 g/mol. The molecule has 29 heavy (non-hydrogen) atoms. The fourth-order valence-corrected chi connectivity index (χ4v) is 2.45. The van der Waals surface area contributed by atoms with Crippen LogP contribution in [-0.4, -0.2) is 5.91 Å². The lowest BCUT2D eigenvalue weighted by Gasteiger charge is -2.14. The highest BCUT2D eigenvalue weighted by Gasteiger charge is 2.35. The Kier molecular flexibility index (Phi) is 5.49. The molecule has 0 aliphatic rings. The highest BCUT2D eigenvalue weighted by Crippen LogP contribution is 2.38. The fourth-order valence-electron chi connectivity index (χ4n) is 2.45. The number of anilines is 1. The quantitative estimate of drug-likeness (QED) is 0.522. The van der Waals surface area contributed by atoms with Crippen molar-refractivity contribution in [2.75, 3.05) is 5.32 Å². The summed E-state index contributed by atoms with van der Waals surface area (Å²) in [5.41, 5.74) is -1.93. The number of benzene rings is 3. The highest BCUT2D eigenvalue weighted by atomic mass is 19.4. The van der Waals surface area contributed by atoms with Gasteiger partial charge in [-0.1, -0.05) is 6.07 Å². The zero-order valence-corrected chi connectivity index (χ0v) is 14.4. The number of nitrogens with one attached hydrogen (secondary N) is 1. The van der Waals surface area contributed by atoms with E-state index in [-0.39, 0.29) is 11.4 Å². The van der Waals surface area contributed by atoms with Gasteiger partial charge >= 0.3 is 6.18 Å². The minimum atomic E-state index is -4.82. The van der Waals surface area contributed by atoms with E-state index in [9.17, 15) is 31.1 Å². The third-order valence-corrected chi connectivity index (χ3v) is 3.78. The first-order valence-corrected chi connectivity index (χ1v) is 8.05. The Morgan fingerprint density at radius 3 is 2.07 bits per heavy atom. The van der Waals surface area contributed by atoms with Gasteiger partial charge < -0.3 is 10.1 Å². The normalized spacial score (nSPS) is 11.2. The molecule has 0 aromatic heterocycles. The van der Waals surface area contributed by atoms with Crippen LogP contribution < -0.4 is 10.1 Å². The van der Waals surface area contributed by atoms with Crippen LogP contribution in [0.1, 0.15) is 15.9 Å². The lowest BCUT2D eigenvalue weighted by molar-refractivity contribution is -0.138. The van der Waals surface area contributed by atoms with Crippen molar-refractivity contribution in [3.05, 3.63) is 89.2 Å². The van der Waals surface area contributed by atoms with Crippen LogP contribution in [0.4, 0.5) is 32.0 Å². The topological polar surface area (TPSA) is 38.3 Å². The van der Waals surface area contributed by atoms with E-state index in [0.717, 1.165) is 30.3 Å². The molecular weight excluding hydrogens is 400 g/mol. The van der Waals surface area contributed by atoms with Crippen molar-refractivity contribution in [3.8, 4) is 11.5 Å². The Labute approximate surface area is 160 Å².